The summed E-state index contributed by atoms with van der Waals surface area (Å²) >= 11 is 0. The summed E-state index contributed by atoms with van der Waals surface area (Å²) in [6.45, 7) is 3.67. The van der Waals surface area contributed by atoms with Crippen LogP contribution < -0.4 is 15.0 Å². The Kier molecular flexibility index (Phi) is 6.28. The first-order valence-electron chi connectivity index (χ1n) is 12.9. The quantitative estimate of drug-likeness (QED) is 0.314. The molecule has 1 saturated heterocycles. The van der Waals surface area contributed by atoms with Crippen molar-refractivity contribution in [2.75, 3.05) is 42.3 Å². The molecule has 0 spiro atoms. The maximum absolute atomic E-state index is 12.6. The van der Waals surface area contributed by atoms with Gasteiger partial charge in [-0.25, -0.2) is 9.78 Å². The number of carbonyl (C=O) groups is 1. The summed E-state index contributed by atoms with van der Waals surface area (Å²) in [5.41, 5.74) is 2.70. The molecule has 2 fully saturated rings. The van der Waals surface area contributed by atoms with Crippen LogP contribution in [0.4, 0.5) is 16.6 Å². The topological polar surface area (TPSA) is 130 Å². The van der Waals surface area contributed by atoms with Gasteiger partial charge in [0.25, 0.3) is 0 Å². The Morgan fingerprint density at radius 1 is 1.30 bits per heavy atom. The number of aliphatic hydroxyl groups is 1. The smallest absolute Gasteiger partial charge is 0.434 e. The van der Waals surface area contributed by atoms with Crippen LogP contribution in [-0.2, 0) is 22.0 Å². The molecule has 3 aromatic rings. The molecule has 196 valence electrons. The number of H-pyrrole nitrogens is 1. The van der Waals surface area contributed by atoms with Gasteiger partial charge in [-0.2, -0.15) is 4.98 Å². The third-order valence-electron chi connectivity index (χ3n) is 7.58. The molecule has 1 aromatic carbocycles. The van der Waals surface area contributed by atoms with Crippen molar-refractivity contribution >= 4 is 39.6 Å². The molecular weight excluding hydrogens is 494 g/mol. The van der Waals surface area contributed by atoms with E-state index in [9.17, 15) is 14.1 Å². The lowest BCUT2D eigenvalue weighted by Gasteiger charge is -2.32. The van der Waals surface area contributed by atoms with E-state index in [1.165, 1.54) is 5.56 Å². The zero-order valence-corrected chi connectivity index (χ0v) is 21.6. The first kappa shape index (κ1) is 24.2. The summed E-state index contributed by atoms with van der Waals surface area (Å²) < 4.78 is 22.7. The zero-order valence-electron chi connectivity index (χ0n) is 20.8. The van der Waals surface area contributed by atoms with Crippen LogP contribution in [0, 0.1) is 0 Å². The minimum atomic E-state index is -1.10. The number of fused-ring (bicyclic) bond motifs is 2. The van der Waals surface area contributed by atoms with E-state index in [4.69, 9.17) is 19.4 Å². The Hall–Kier alpha value is -3.18. The molecule has 3 aliphatic rings. The summed E-state index contributed by atoms with van der Waals surface area (Å²) in [5.74, 6) is 2.70. The normalized spacial score (nSPS) is 20.6. The molecule has 1 aliphatic carbocycles. The van der Waals surface area contributed by atoms with E-state index in [2.05, 4.69) is 15.2 Å². The fourth-order valence-electron chi connectivity index (χ4n) is 5.30. The number of hydrogen-bond donors (Lipinski definition) is 3. The van der Waals surface area contributed by atoms with Crippen LogP contribution in [-0.4, -0.2) is 68.0 Å². The molecule has 4 heterocycles. The maximum Gasteiger partial charge on any atom is 0.513 e. The number of piperidine rings is 1. The summed E-state index contributed by atoms with van der Waals surface area (Å²) in [6.07, 6.45) is 5.70. The second-order valence-electron chi connectivity index (χ2n) is 10.0. The Balaban J connectivity index is 1.17. The Bertz CT molecular complexity index is 1360. The van der Waals surface area contributed by atoms with Gasteiger partial charge in [-0.3, -0.25) is 4.21 Å². The third kappa shape index (κ3) is 4.66. The van der Waals surface area contributed by atoms with E-state index < -0.39 is 17.0 Å². The molecule has 1 atom stereocenters. The van der Waals surface area contributed by atoms with Gasteiger partial charge in [0, 0.05) is 48.4 Å². The van der Waals surface area contributed by atoms with E-state index in [0.717, 1.165) is 55.4 Å². The molecule has 3 N–H and O–H groups in total. The number of aliphatic hydroxyl groups excluding tert-OH is 1. The number of anilines is 2. The molecule has 2 aromatic heterocycles. The van der Waals surface area contributed by atoms with Gasteiger partial charge >= 0.3 is 6.16 Å². The average molecular weight is 526 g/mol. The molecule has 37 heavy (non-hydrogen) atoms. The predicted octanol–water partition coefficient (Wildman–Crippen LogP) is 3.48. The van der Waals surface area contributed by atoms with Crippen LogP contribution in [0.15, 0.2) is 29.3 Å². The van der Waals surface area contributed by atoms with Gasteiger partial charge in [0.15, 0.2) is 0 Å². The van der Waals surface area contributed by atoms with E-state index in [1.54, 1.807) is 13.0 Å². The highest BCUT2D eigenvalue weighted by atomic mass is 32.2. The van der Waals surface area contributed by atoms with Gasteiger partial charge in [-0.15, -0.1) is 0 Å². The number of aromatic amines is 1. The van der Waals surface area contributed by atoms with Gasteiger partial charge in [-0.1, -0.05) is 0 Å². The summed E-state index contributed by atoms with van der Waals surface area (Å²) in [4.78, 5) is 27.5. The van der Waals surface area contributed by atoms with E-state index in [0.29, 0.717) is 40.5 Å². The molecule has 10 nitrogen and oxygen atoms in total. The van der Waals surface area contributed by atoms with Gasteiger partial charge in [-0.05, 0) is 56.2 Å². The molecule has 1 saturated carbocycles. The highest BCUT2D eigenvalue weighted by Crippen LogP contribution is 2.41. The van der Waals surface area contributed by atoms with Gasteiger partial charge in [0.1, 0.15) is 16.5 Å². The number of ether oxygens (including phenoxy) is 2. The molecule has 0 bridgehead atoms. The van der Waals surface area contributed by atoms with Crippen molar-refractivity contribution < 1.29 is 23.6 Å². The van der Waals surface area contributed by atoms with Crippen LogP contribution in [0.25, 0.3) is 10.9 Å². The first-order chi connectivity index (χ1) is 18.0. The molecule has 6 rings (SSSR count). The van der Waals surface area contributed by atoms with Crippen LogP contribution >= 0.6 is 0 Å². The van der Waals surface area contributed by atoms with Crippen LogP contribution in [0.5, 0.6) is 5.75 Å². The molecule has 1 unspecified atom stereocenters. The predicted molar refractivity (Wildman–Crippen MR) is 140 cm³/mol. The second kappa shape index (κ2) is 9.60. The monoisotopic (exact) mass is 525 g/mol. The van der Waals surface area contributed by atoms with Crippen molar-refractivity contribution in [2.24, 2.45) is 0 Å². The SMILES string of the molecule is CCOC(=O)Oc1ccc2c(C3CCN(c4nc5c(c(NC6(CO)CC6)n4)S(=O)CC5)CC3)c[nH]c2c1. The van der Waals surface area contributed by atoms with E-state index in [-0.39, 0.29) is 18.8 Å². The summed E-state index contributed by atoms with van der Waals surface area (Å²) in [6, 6.07) is 5.60. The number of hydrogen-bond acceptors (Lipinski definition) is 9. The fraction of sp³-hybridized carbons (Fsp3) is 0.500. The van der Waals surface area contributed by atoms with Crippen molar-refractivity contribution in [3.63, 3.8) is 0 Å². The molecule has 11 heteroatoms. The van der Waals surface area contributed by atoms with Crippen LogP contribution in [0.3, 0.4) is 0 Å². The Labute approximate surface area is 217 Å². The Morgan fingerprint density at radius 2 is 2.11 bits per heavy atom. The lowest BCUT2D eigenvalue weighted by atomic mass is 9.89. The fourth-order valence-corrected chi connectivity index (χ4v) is 6.60. The zero-order chi connectivity index (χ0) is 25.6. The summed E-state index contributed by atoms with van der Waals surface area (Å²) in [5, 5.41) is 14.3. The number of benzene rings is 1. The molecule has 0 radical (unpaired) electrons. The van der Waals surface area contributed by atoms with Crippen LogP contribution in [0.2, 0.25) is 0 Å². The van der Waals surface area contributed by atoms with E-state index >= 15 is 0 Å². The van der Waals surface area contributed by atoms with Gasteiger partial charge in [0.2, 0.25) is 5.95 Å². The minimum Gasteiger partial charge on any atom is -0.434 e. The number of nitrogens with zero attached hydrogens (tertiary/aromatic N) is 3. The molecular formula is C26H31N5O5S. The lowest BCUT2D eigenvalue weighted by Crippen LogP contribution is -2.35. The largest absolute Gasteiger partial charge is 0.513 e. The number of nitrogens with one attached hydrogen (secondary N) is 2. The number of aromatic nitrogens is 3. The van der Waals surface area contributed by atoms with Gasteiger partial charge < -0.3 is 29.8 Å². The van der Waals surface area contributed by atoms with Crippen molar-refractivity contribution in [3.8, 4) is 5.75 Å². The standard InChI is InChI=1S/C26H31N5O5S/c1-2-35-25(33)36-17-3-4-18-19(14-27-21(18)13-17)16-5-10-31(11-6-16)24-28-20-7-12-37(34)22(20)23(29-24)30-26(15-32)8-9-26/h3-4,13-14,16,27,32H,2,5-12,15H2,1H3,(H,28,29,30). The maximum atomic E-state index is 12.6. The second-order valence-corrected chi connectivity index (χ2v) is 11.5. The minimum absolute atomic E-state index is 0.0419. The van der Waals surface area contributed by atoms with Crippen LogP contribution in [0.1, 0.15) is 49.8 Å². The average Bonchev–Trinajstić information content (AvgIpc) is 3.38. The molecule has 0 amide bonds. The van der Waals surface area contributed by atoms with Gasteiger partial charge in [0.05, 0.1) is 35.2 Å². The lowest BCUT2D eigenvalue weighted by molar-refractivity contribution is 0.104. The molecule has 2 aliphatic heterocycles. The summed E-state index contributed by atoms with van der Waals surface area (Å²) in [7, 11) is -1.10. The van der Waals surface area contributed by atoms with Crippen molar-refractivity contribution in [1.29, 1.82) is 0 Å². The Morgan fingerprint density at radius 3 is 2.84 bits per heavy atom. The highest BCUT2D eigenvalue weighted by molar-refractivity contribution is 7.85. The van der Waals surface area contributed by atoms with Crippen molar-refractivity contribution in [1.82, 2.24) is 15.0 Å². The van der Waals surface area contributed by atoms with Crippen molar-refractivity contribution in [3.05, 3.63) is 35.7 Å². The highest BCUT2D eigenvalue weighted by Gasteiger charge is 2.44. The number of carbonyl (C=O) groups excluding carboxylic acids is 1. The number of aryl methyl sites for hydroxylation is 1. The third-order valence-corrected chi connectivity index (χ3v) is 9.04. The first-order valence-corrected chi connectivity index (χ1v) is 14.2. The van der Waals surface area contributed by atoms with Crippen molar-refractivity contribution in [2.45, 2.75) is 55.4 Å². The number of rotatable bonds is 7. The van der Waals surface area contributed by atoms with E-state index in [1.807, 2.05) is 18.3 Å².